The van der Waals surface area contributed by atoms with Crippen LogP contribution in [-0.4, -0.2) is 18.1 Å². The summed E-state index contributed by atoms with van der Waals surface area (Å²) in [6, 6.07) is 5.47. The summed E-state index contributed by atoms with van der Waals surface area (Å²) < 4.78 is 4.63. The van der Waals surface area contributed by atoms with Gasteiger partial charge in [0.2, 0.25) is 0 Å². The molecule has 0 N–H and O–H groups in total. The molecule has 1 rings (SSSR count). The Balaban J connectivity index is 2.87. The van der Waals surface area contributed by atoms with Crippen LogP contribution in [0.25, 0.3) is 0 Å². The molecule has 0 aromatic carbocycles. The van der Waals surface area contributed by atoms with Gasteiger partial charge in [-0.15, -0.1) is 0 Å². The predicted molar refractivity (Wildman–Crippen MR) is 58.9 cm³/mol. The third kappa shape index (κ3) is 3.05. The highest BCUT2D eigenvalue weighted by Crippen LogP contribution is 2.18. The van der Waals surface area contributed by atoms with Crippen LogP contribution in [0.5, 0.6) is 0 Å². The van der Waals surface area contributed by atoms with Gasteiger partial charge in [-0.25, -0.2) is 9.78 Å². The molecule has 1 aromatic rings. The summed E-state index contributed by atoms with van der Waals surface area (Å²) in [5.41, 5.74) is 1.35. The Labute approximate surface area is 90.5 Å². The van der Waals surface area contributed by atoms with Crippen molar-refractivity contribution in [2.45, 2.75) is 32.6 Å². The minimum absolute atomic E-state index is 0.374. The number of aromatic nitrogens is 1. The summed E-state index contributed by atoms with van der Waals surface area (Å²) in [5.74, 6) is 0.0140. The van der Waals surface area contributed by atoms with E-state index in [1.807, 2.05) is 12.1 Å². The lowest BCUT2D eigenvalue weighted by Crippen LogP contribution is -2.07. The first-order chi connectivity index (χ1) is 7.19. The fourth-order valence-electron chi connectivity index (χ4n) is 1.53. The van der Waals surface area contributed by atoms with Crippen LogP contribution in [0.2, 0.25) is 0 Å². The van der Waals surface area contributed by atoms with E-state index in [9.17, 15) is 4.79 Å². The Morgan fingerprint density at radius 3 is 2.87 bits per heavy atom. The van der Waals surface area contributed by atoms with E-state index in [2.05, 4.69) is 23.6 Å². The Hall–Kier alpha value is -1.38. The van der Waals surface area contributed by atoms with E-state index in [4.69, 9.17) is 0 Å². The second-order valence-electron chi connectivity index (χ2n) is 3.63. The summed E-state index contributed by atoms with van der Waals surface area (Å²) in [7, 11) is 1.37. The molecule has 0 bridgehead atoms. The number of carbonyl (C=O) groups is 1. The Morgan fingerprint density at radius 1 is 1.53 bits per heavy atom. The van der Waals surface area contributed by atoms with Crippen LogP contribution in [0.1, 0.15) is 48.8 Å². The van der Waals surface area contributed by atoms with Crippen LogP contribution in [0, 0.1) is 0 Å². The van der Waals surface area contributed by atoms with Gasteiger partial charge < -0.3 is 4.74 Å². The van der Waals surface area contributed by atoms with Crippen molar-refractivity contribution in [3.8, 4) is 0 Å². The molecule has 15 heavy (non-hydrogen) atoms. The number of ether oxygens (including phenoxy) is 1. The zero-order valence-corrected chi connectivity index (χ0v) is 9.49. The highest BCUT2D eigenvalue weighted by molar-refractivity contribution is 5.87. The lowest BCUT2D eigenvalue weighted by molar-refractivity contribution is 0.0593. The van der Waals surface area contributed by atoms with Crippen molar-refractivity contribution in [1.82, 2.24) is 4.98 Å². The maximum absolute atomic E-state index is 11.3. The van der Waals surface area contributed by atoms with Gasteiger partial charge in [0.1, 0.15) is 5.69 Å². The molecule has 0 aliphatic heterocycles. The Kier molecular flexibility index (Phi) is 4.28. The highest BCUT2D eigenvalue weighted by Gasteiger charge is 2.10. The van der Waals surface area contributed by atoms with Gasteiger partial charge in [0.05, 0.1) is 7.11 Å². The molecule has 0 fully saturated rings. The molecule has 82 valence electrons. The molecule has 0 aliphatic rings. The SMILES string of the molecule is CCCC(C)c1cccc(C(=O)OC)n1. The monoisotopic (exact) mass is 207 g/mol. The second kappa shape index (κ2) is 5.49. The summed E-state index contributed by atoms with van der Waals surface area (Å²) in [6.07, 6.45) is 2.20. The van der Waals surface area contributed by atoms with Crippen molar-refractivity contribution < 1.29 is 9.53 Å². The largest absolute Gasteiger partial charge is 0.464 e. The molecule has 0 saturated carbocycles. The maximum atomic E-state index is 11.3. The van der Waals surface area contributed by atoms with Gasteiger partial charge in [-0.05, 0) is 24.5 Å². The number of esters is 1. The molecule has 1 heterocycles. The molecular weight excluding hydrogens is 190 g/mol. The van der Waals surface area contributed by atoms with Crippen LogP contribution in [0.4, 0.5) is 0 Å². The van der Waals surface area contributed by atoms with Gasteiger partial charge in [-0.2, -0.15) is 0 Å². The number of carbonyl (C=O) groups excluding carboxylic acids is 1. The molecule has 0 spiro atoms. The fraction of sp³-hybridized carbons (Fsp3) is 0.500. The molecule has 1 aromatic heterocycles. The average molecular weight is 207 g/mol. The number of rotatable bonds is 4. The van der Waals surface area contributed by atoms with Crippen LogP contribution in [0.3, 0.4) is 0 Å². The van der Waals surface area contributed by atoms with Gasteiger partial charge in [-0.1, -0.05) is 26.3 Å². The lowest BCUT2D eigenvalue weighted by atomic mass is 10.0. The summed E-state index contributed by atoms with van der Waals surface area (Å²) >= 11 is 0. The molecule has 1 unspecified atom stereocenters. The number of nitrogens with zero attached hydrogens (tertiary/aromatic N) is 1. The smallest absolute Gasteiger partial charge is 0.356 e. The van der Waals surface area contributed by atoms with E-state index in [0.29, 0.717) is 11.6 Å². The van der Waals surface area contributed by atoms with E-state index < -0.39 is 0 Å². The minimum Gasteiger partial charge on any atom is -0.464 e. The van der Waals surface area contributed by atoms with Crippen molar-refractivity contribution in [1.29, 1.82) is 0 Å². The van der Waals surface area contributed by atoms with Crippen LogP contribution in [-0.2, 0) is 4.74 Å². The summed E-state index contributed by atoms with van der Waals surface area (Å²) in [6.45, 7) is 4.26. The van der Waals surface area contributed by atoms with Gasteiger partial charge in [-0.3, -0.25) is 0 Å². The third-order valence-electron chi connectivity index (χ3n) is 2.39. The molecule has 0 radical (unpaired) electrons. The van der Waals surface area contributed by atoms with Crippen molar-refractivity contribution in [2.75, 3.05) is 7.11 Å². The van der Waals surface area contributed by atoms with Crippen LogP contribution >= 0.6 is 0 Å². The summed E-state index contributed by atoms with van der Waals surface area (Å²) in [4.78, 5) is 15.5. The molecule has 3 nitrogen and oxygen atoms in total. The van der Waals surface area contributed by atoms with Crippen LogP contribution in [0.15, 0.2) is 18.2 Å². The molecule has 0 aliphatic carbocycles. The molecule has 3 heteroatoms. The first-order valence-electron chi connectivity index (χ1n) is 5.24. The van der Waals surface area contributed by atoms with E-state index in [0.717, 1.165) is 18.5 Å². The van der Waals surface area contributed by atoms with E-state index in [1.165, 1.54) is 7.11 Å². The highest BCUT2D eigenvalue weighted by atomic mass is 16.5. The first-order valence-corrected chi connectivity index (χ1v) is 5.24. The Morgan fingerprint density at radius 2 is 2.27 bits per heavy atom. The number of hydrogen-bond acceptors (Lipinski definition) is 3. The number of methoxy groups -OCH3 is 1. The molecule has 0 amide bonds. The Bertz CT molecular complexity index is 336. The zero-order valence-electron chi connectivity index (χ0n) is 9.49. The van der Waals surface area contributed by atoms with Gasteiger partial charge in [0.15, 0.2) is 0 Å². The third-order valence-corrected chi connectivity index (χ3v) is 2.39. The minimum atomic E-state index is -0.374. The summed E-state index contributed by atoms with van der Waals surface area (Å²) in [5, 5.41) is 0. The second-order valence-corrected chi connectivity index (χ2v) is 3.63. The number of hydrogen-bond donors (Lipinski definition) is 0. The maximum Gasteiger partial charge on any atom is 0.356 e. The average Bonchev–Trinajstić information content (AvgIpc) is 2.28. The van der Waals surface area contributed by atoms with E-state index in [1.54, 1.807) is 6.07 Å². The van der Waals surface area contributed by atoms with Gasteiger partial charge in [0.25, 0.3) is 0 Å². The fourth-order valence-corrected chi connectivity index (χ4v) is 1.53. The van der Waals surface area contributed by atoms with Crippen molar-refractivity contribution in [3.63, 3.8) is 0 Å². The van der Waals surface area contributed by atoms with Crippen molar-refractivity contribution in [3.05, 3.63) is 29.6 Å². The predicted octanol–water partition coefficient (Wildman–Crippen LogP) is 2.77. The zero-order chi connectivity index (χ0) is 11.3. The van der Waals surface area contributed by atoms with Gasteiger partial charge in [0, 0.05) is 5.69 Å². The van der Waals surface area contributed by atoms with Crippen molar-refractivity contribution in [2.24, 2.45) is 0 Å². The van der Waals surface area contributed by atoms with Gasteiger partial charge >= 0.3 is 5.97 Å². The molecule has 1 atom stereocenters. The van der Waals surface area contributed by atoms with Crippen LogP contribution < -0.4 is 0 Å². The quantitative estimate of drug-likeness (QED) is 0.713. The lowest BCUT2D eigenvalue weighted by Gasteiger charge is -2.09. The normalized spacial score (nSPS) is 12.2. The molecular formula is C12H17NO2. The standard InChI is InChI=1S/C12H17NO2/c1-4-6-9(2)10-7-5-8-11(13-10)12(14)15-3/h5,7-9H,4,6H2,1-3H3. The topological polar surface area (TPSA) is 39.2 Å². The first kappa shape index (κ1) is 11.7. The van der Waals surface area contributed by atoms with Crippen molar-refractivity contribution >= 4 is 5.97 Å². The molecule has 0 saturated heterocycles. The number of pyridine rings is 1. The van der Waals surface area contributed by atoms with E-state index in [-0.39, 0.29) is 5.97 Å². The van der Waals surface area contributed by atoms with E-state index >= 15 is 0 Å².